The average molecular weight is 315 g/mol. The SMILES string of the molecule is C/C=C/c1cc(C(=O)OC(C)(C)C)cc(N2CCCCC2=O)c1. The molecule has 1 aliphatic heterocycles. The third-order valence-electron chi connectivity index (χ3n) is 3.57. The van der Waals surface area contributed by atoms with Crippen molar-refractivity contribution < 1.29 is 14.3 Å². The number of rotatable bonds is 3. The molecule has 1 aliphatic rings. The van der Waals surface area contributed by atoms with Gasteiger partial charge in [0.1, 0.15) is 5.60 Å². The second-order valence-corrected chi connectivity index (χ2v) is 6.82. The average Bonchev–Trinajstić information content (AvgIpc) is 2.46. The zero-order valence-corrected chi connectivity index (χ0v) is 14.4. The summed E-state index contributed by atoms with van der Waals surface area (Å²) in [4.78, 5) is 26.3. The van der Waals surface area contributed by atoms with Crippen molar-refractivity contribution in [1.82, 2.24) is 0 Å². The second kappa shape index (κ2) is 6.99. The van der Waals surface area contributed by atoms with E-state index in [4.69, 9.17) is 4.74 Å². The van der Waals surface area contributed by atoms with Gasteiger partial charge in [-0.25, -0.2) is 4.79 Å². The first-order valence-electron chi connectivity index (χ1n) is 8.11. The van der Waals surface area contributed by atoms with Crippen molar-refractivity contribution in [1.29, 1.82) is 0 Å². The van der Waals surface area contributed by atoms with Gasteiger partial charge in [0.25, 0.3) is 0 Å². The molecule has 1 saturated heterocycles. The highest BCUT2D eigenvalue weighted by molar-refractivity contribution is 5.97. The molecule has 1 amide bonds. The highest BCUT2D eigenvalue weighted by Gasteiger charge is 2.23. The normalized spacial score (nSPS) is 16.0. The third kappa shape index (κ3) is 4.68. The van der Waals surface area contributed by atoms with Crippen LogP contribution in [-0.2, 0) is 9.53 Å². The van der Waals surface area contributed by atoms with Gasteiger partial charge in [-0.15, -0.1) is 0 Å². The van der Waals surface area contributed by atoms with E-state index < -0.39 is 5.60 Å². The Labute approximate surface area is 138 Å². The minimum Gasteiger partial charge on any atom is -0.456 e. The van der Waals surface area contributed by atoms with Crippen LogP contribution in [0.2, 0.25) is 0 Å². The first-order valence-corrected chi connectivity index (χ1v) is 8.11. The minimum atomic E-state index is -0.547. The summed E-state index contributed by atoms with van der Waals surface area (Å²) in [6.45, 7) is 8.15. The van der Waals surface area contributed by atoms with Gasteiger partial charge in [-0.1, -0.05) is 12.2 Å². The van der Waals surface area contributed by atoms with Gasteiger partial charge >= 0.3 is 5.97 Å². The van der Waals surface area contributed by atoms with Crippen LogP contribution < -0.4 is 4.90 Å². The molecule has 1 aromatic rings. The van der Waals surface area contributed by atoms with Crippen LogP contribution in [0.15, 0.2) is 24.3 Å². The zero-order valence-electron chi connectivity index (χ0n) is 14.4. The molecule has 0 N–H and O–H groups in total. The first-order chi connectivity index (χ1) is 10.8. The Bertz CT molecular complexity index is 626. The smallest absolute Gasteiger partial charge is 0.338 e. The number of benzene rings is 1. The maximum atomic E-state index is 12.4. The van der Waals surface area contributed by atoms with Crippen LogP contribution in [0.1, 0.15) is 62.9 Å². The molecule has 0 unspecified atom stereocenters. The van der Waals surface area contributed by atoms with E-state index in [2.05, 4.69) is 0 Å². The molecule has 1 aromatic carbocycles. The molecule has 0 atom stereocenters. The van der Waals surface area contributed by atoms with E-state index in [9.17, 15) is 9.59 Å². The van der Waals surface area contributed by atoms with Crippen molar-refractivity contribution >= 4 is 23.6 Å². The van der Waals surface area contributed by atoms with Gasteiger partial charge < -0.3 is 9.64 Å². The predicted molar refractivity (Wildman–Crippen MR) is 92.5 cm³/mol. The number of esters is 1. The number of carbonyl (C=O) groups is 2. The Morgan fingerprint density at radius 3 is 2.57 bits per heavy atom. The van der Waals surface area contributed by atoms with Crippen LogP contribution in [0.5, 0.6) is 0 Å². The lowest BCUT2D eigenvalue weighted by molar-refractivity contribution is -0.119. The minimum absolute atomic E-state index is 0.115. The summed E-state index contributed by atoms with van der Waals surface area (Å²) in [5.74, 6) is -0.251. The third-order valence-corrected chi connectivity index (χ3v) is 3.57. The van der Waals surface area contributed by atoms with Gasteiger partial charge in [-0.2, -0.15) is 0 Å². The summed E-state index contributed by atoms with van der Waals surface area (Å²) in [5, 5.41) is 0. The Hall–Kier alpha value is -2.10. The predicted octanol–water partition coefficient (Wildman–Crippen LogP) is 4.19. The van der Waals surface area contributed by atoms with Crippen molar-refractivity contribution in [3.05, 3.63) is 35.4 Å². The fourth-order valence-electron chi connectivity index (χ4n) is 2.61. The van der Waals surface area contributed by atoms with E-state index in [1.165, 1.54) is 0 Å². The van der Waals surface area contributed by atoms with Crippen molar-refractivity contribution in [2.24, 2.45) is 0 Å². The van der Waals surface area contributed by atoms with Crippen LogP contribution in [0, 0.1) is 0 Å². The van der Waals surface area contributed by atoms with Crippen LogP contribution in [0.3, 0.4) is 0 Å². The summed E-state index contributed by atoms with van der Waals surface area (Å²) in [6.07, 6.45) is 6.32. The summed E-state index contributed by atoms with van der Waals surface area (Å²) in [5.41, 5.74) is 1.59. The van der Waals surface area contributed by atoms with Crippen molar-refractivity contribution in [3.8, 4) is 0 Å². The number of hydrogen-bond acceptors (Lipinski definition) is 3. The van der Waals surface area contributed by atoms with Crippen molar-refractivity contribution in [3.63, 3.8) is 0 Å². The molecule has 0 spiro atoms. The largest absolute Gasteiger partial charge is 0.456 e. The number of anilines is 1. The van der Waals surface area contributed by atoms with Crippen LogP contribution in [0.4, 0.5) is 5.69 Å². The maximum Gasteiger partial charge on any atom is 0.338 e. The molecule has 0 saturated carbocycles. The molecule has 2 rings (SSSR count). The van der Waals surface area contributed by atoms with Crippen LogP contribution in [0.25, 0.3) is 6.08 Å². The van der Waals surface area contributed by atoms with E-state index in [0.717, 1.165) is 24.1 Å². The molecule has 4 nitrogen and oxygen atoms in total. The quantitative estimate of drug-likeness (QED) is 0.786. The summed E-state index contributed by atoms with van der Waals surface area (Å²) < 4.78 is 5.46. The number of ether oxygens (including phenoxy) is 1. The second-order valence-electron chi connectivity index (χ2n) is 6.82. The fraction of sp³-hybridized carbons (Fsp3) is 0.474. The molecule has 0 aliphatic carbocycles. The molecule has 1 fully saturated rings. The van der Waals surface area contributed by atoms with Gasteiger partial charge in [0.15, 0.2) is 0 Å². The van der Waals surface area contributed by atoms with E-state index >= 15 is 0 Å². The molecular weight excluding hydrogens is 290 g/mol. The van der Waals surface area contributed by atoms with Gasteiger partial charge in [0.05, 0.1) is 5.56 Å². The topological polar surface area (TPSA) is 46.6 Å². The lowest BCUT2D eigenvalue weighted by Gasteiger charge is -2.27. The summed E-state index contributed by atoms with van der Waals surface area (Å²) in [6, 6.07) is 5.49. The molecule has 1 heterocycles. The molecule has 23 heavy (non-hydrogen) atoms. The molecule has 124 valence electrons. The number of allylic oxidation sites excluding steroid dienone is 1. The molecule has 4 heteroatoms. The number of piperidine rings is 1. The maximum absolute atomic E-state index is 12.4. The number of nitrogens with zero attached hydrogens (tertiary/aromatic N) is 1. The monoisotopic (exact) mass is 315 g/mol. The summed E-state index contributed by atoms with van der Waals surface area (Å²) >= 11 is 0. The van der Waals surface area contributed by atoms with Crippen molar-refractivity contribution in [2.75, 3.05) is 11.4 Å². The van der Waals surface area contributed by atoms with E-state index in [1.54, 1.807) is 17.0 Å². The standard InChI is InChI=1S/C19H25NO3/c1-5-8-14-11-15(18(22)23-19(2,3)4)13-16(12-14)20-10-7-6-9-17(20)21/h5,8,11-13H,6-7,9-10H2,1-4H3/b8-5+. The Kier molecular flexibility index (Phi) is 5.24. The van der Waals surface area contributed by atoms with Gasteiger partial charge in [-0.05, 0) is 64.3 Å². The molecule has 0 radical (unpaired) electrons. The molecule has 0 aromatic heterocycles. The Morgan fingerprint density at radius 1 is 1.22 bits per heavy atom. The fourth-order valence-corrected chi connectivity index (χ4v) is 2.61. The van der Waals surface area contributed by atoms with Gasteiger partial charge in [0, 0.05) is 18.7 Å². The van der Waals surface area contributed by atoms with E-state index in [1.807, 2.05) is 45.9 Å². The number of amides is 1. The van der Waals surface area contributed by atoms with Crippen LogP contribution in [-0.4, -0.2) is 24.0 Å². The Balaban J connectivity index is 2.39. The molecule has 0 bridgehead atoms. The van der Waals surface area contributed by atoms with Crippen LogP contribution >= 0.6 is 0 Å². The zero-order chi connectivity index (χ0) is 17.0. The first kappa shape index (κ1) is 17.3. The number of hydrogen-bond donors (Lipinski definition) is 0. The number of carbonyl (C=O) groups excluding carboxylic acids is 2. The lowest BCUT2D eigenvalue weighted by Crippen LogP contribution is -2.35. The molecular formula is C19H25NO3. The lowest BCUT2D eigenvalue weighted by atomic mass is 10.0. The van der Waals surface area contributed by atoms with Gasteiger partial charge in [0.2, 0.25) is 5.91 Å². The van der Waals surface area contributed by atoms with Crippen molar-refractivity contribution in [2.45, 2.75) is 52.6 Å². The van der Waals surface area contributed by atoms with E-state index in [0.29, 0.717) is 18.5 Å². The van der Waals surface area contributed by atoms with Gasteiger partial charge in [-0.3, -0.25) is 4.79 Å². The Morgan fingerprint density at radius 2 is 1.96 bits per heavy atom. The highest BCUT2D eigenvalue weighted by Crippen LogP contribution is 2.25. The highest BCUT2D eigenvalue weighted by atomic mass is 16.6. The van der Waals surface area contributed by atoms with E-state index in [-0.39, 0.29) is 11.9 Å². The summed E-state index contributed by atoms with van der Waals surface area (Å²) in [7, 11) is 0.